The Kier molecular flexibility index (Phi) is 2.69. The number of nitrogens with zero attached hydrogens (tertiary/aromatic N) is 1. The molecule has 1 aromatic heterocycles. The molecular weight excluding hydrogens is 160 g/mol. The monoisotopic (exact) mass is 174 g/mol. The zero-order valence-corrected chi connectivity index (χ0v) is 8.26. The SMILES string of the molecule is Cc1cc(C#CC(C)(C)N)ccn1. The van der Waals surface area contributed by atoms with E-state index in [2.05, 4.69) is 16.8 Å². The van der Waals surface area contributed by atoms with Gasteiger partial charge in [0.05, 0.1) is 5.54 Å². The summed E-state index contributed by atoms with van der Waals surface area (Å²) >= 11 is 0. The zero-order chi connectivity index (χ0) is 9.90. The highest BCUT2D eigenvalue weighted by Gasteiger charge is 2.03. The van der Waals surface area contributed by atoms with Gasteiger partial charge in [-0.25, -0.2) is 0 Å². The molecule has 1 rings (SSSR count). The largest absolute Gasteiger partial charge is 0.316 e. The van der Waals surface area contributed by atoms with Crippen LogP contribution in [-0.2, 0) is 0 Å². The summed E-state index contributed by atoms with van der Waals surface area (Å²) < 4.78 is 0. The van der Waals surface area contributed by atoms with E-state index in [4.69, 9.17) is 5.73 Å². The predicted molar refractivity (Wildman–Crippen MR) is 54.1 cm³/mol. The van der Waals surface area contributed by atoms with Crippen molar-refractivity contribution < 1.29 is 0 Å². The van der Waals surface area contributed by atoms with E-state index < -0.39 is 5.54 Å². The predicted octanol–water partition coefficient (Wildman–Crippen LogP) is 1.48. The number of hydrogen-bond donors (Lipinski definition) is 1. The molecule has 2 N–H and O–H groups in total. The topological polar surface area (TPSA) is 38.9 Å². The standard InChI is InChI=1S/C11H14N2/c1-9-8-10(5-7-13-9)4-6-11(2,3)12/h5,7-8H,12H2,1-3H3. The van der Waals surface area contributed by atoms with Crippen LogP contribution in [0.4, 0.5) is 0 Å². The van der Waals surface area contributed by atoms with Gasteiger partial charge in [0.2, 0.25) is 0 Å². The molecule has 2 heteroatoms. The normalized spacial score (nSPS) is 10.5. The van der Waals surface area contributed by atoms with Crippen molar-refractivity contribution in [1.82, 2.24) is 4.98 Å². The van der Waals surface area contributed by atoms with Crippen LogP contribution >= 0.6 is 0 Å². The second-order valence-electron chi connectivity index (χ2n) is 3.66. The maximum absolute atomic E-state index is 5.73. The number of hydrogen-bond acceptors (Lipinski definition) is 2. The van der Waals surface area contributed by atoms with Crippen LogP contribution in [0.1, 0.15) is 25.1 Å². The lowest BCUT2D eigenvalue weighted by Crippen LogP contribution is -2.29. The molecule has 13 heavy (non-hydrogen) atoms. The van der Waals surface area contributed by atoms with E-state index in [1.54, 1.807) is 6.20 Å². The number of rotatable bonds is 0. The van der Waals surface area contributed by atoms with E-state index in [9.17, 15) is 0 Å². The average Bonchev–Trinajstić information content (AvgIpc) is 2.00. The first-order chi connectivity index (χ1) is 5.97. The van der Waals surface area contributed by atoms with Gasteiger partial charge in [0.1, 0.15) is 0 Å². The van der Waals surface area contributed by atoms with Crippen molar-refractivity contribution >= 4 is 0 Å². The van der Waals surface area contributed by atoms with Gasteiger partial charge in [0.15, 0.2) is 0 Å². The van der Waals surface area contributed by atoms with E-state index >= 15 is 0 Å². The summed E-state index contributed by atoms with van der Waals surface area (Å²) in [7, 11) is 0. The van der Waals surface area contributed by atoms with E-state index in [0.717, 1.165) is 11.3 Å². The van der Waals surface area contributed by atoms with Crippen LogP contribution in [-0.4, -0.2) is 10.5 Å². The van der Waals surface area contributed by atoms with Crippen molar-refractivity contribution in [2.45, 2.75) is 26.3 Å². The van der Waals surface area contributed by atoms with Gasteiger partial charge in [0.25, 0.3) is 0 Å². The van der Waals surface area contributed by atoms with Crippen LogP contribution in [0.2, 0.25) is 0 Å². The third-order valence-electron chi connectivity index (χ3n) is 1.43. The Morgan fingerprint density at radius 3 is 2.69 bits per heavy atom. The van der Waals surface area contributed by atoms with Crippen LogP contribution in [0, 0.1) is 18.8 Å². The van der Waals surface area contributed by atoms with E-state index in [-0.39, 0.29) is 0 Å². The molecule has 0 saturated carbocycles. The summed E-state index contributed by atoms with van der Waals surface area (Å²) in [5.74, 6) is 5.98. The van der Waals surface area contributed by atoms with Crippen molar-refractivity contribution in [2.24, 2.45) is 5.73 Å². The van der Waals surface area contributed by atoms with E-state index in [1.807, 2.05) is 32.9 Å². The Morgan fingerprint density at radius 2 is 2.15 bits per heavy atom. The highest BCUT2D eigenvalue weighted by Crippen LogP contribution is 1.99. The van der Waals surface area contributed by atoms with Crippen LogP contribution in [0.5, 0.6) is 0 Å². The summed E-state index contributed by atoms with van der Waals surface area (Å²) in [6, 6.07) is 3.82. The Hall–Kier alpha value is -1.33. The van der Waals surface area contributed by atoms with Crippen LogP contribution in [0.3, 0.4) is 0 Å². The van der Waals surface area contributed by atoms with Gasteiger partial charge in [-0.05, 0) is 32.9 Å². The highest BCUT2D eigenvalue weighted by molar-refractivity contribution is 5.36. The lowest BCUT2D eigenvalue weighted by molar-refractivity contribution is 0.680. The van der Waals surface area contributed by atoms with Gasteiger partial charge in [-0.3, -0.25) is 4.98 Å². The molecule has 0 fully saturated rings. The minimum atomic E-state index is -0.433. The van der Waals surface area contributed by atoms with Crippen molar-refractivity contribution in [3.05, 3.63) is 29.6 Å². The number of aryl methyl sites for hydroxylation is 1. The Morgan fingerprint density at radius 1 is 1.46 bits per heavy atom. The third kappa shape index (κ3) is 3.73. The summed E-state index contributed by atoms with van der Waals surface area (Å²) in [6.45, 7) is 5.71. The van der Waals surface area contributed by atoms with Gasteiger partial charge < -0.3 is 5.73 Å². The number of nitrogens with two attached hydrogens (primary N) is 1. The fourth-order valence-electron chi connectivity index (χ4n) is 0.857. The van der Waals surface area contributed by atoms with Gasteiger partial charge in [0, 0.05) is 17.5 Å². The number of pyridine rings is 1. The molecule has 0 bridgehead atoms. The summed E-state index contributed by atoms with van der Waals surface area (Å²) in [4.78, 5) is 4.09. The summed E-state index contributed by atoms with van der Waals surface area (Å²) in [6.07, 6.45) is 1.75. The maximum atomic E-state index is 5.73. The molecule has 0 unspecified atom stereocenters. The van der Waals surface area contributed by atoms with Crippen LogP contribution < -0.4 is 5.73 Å². The second kappa shape index (κ2) is 3.59. The molecule has 2 nitrogen and oxygen atoms in total. The molecule has 0 saturated heterocycles. The smallest absolute Gasteiger partial charge is 0.0722 e. The minimum absolute atomic E-state index is 0.433. The van der Waals surface area contributed by atoms with Crippen LogP contribution in [0.15, 0.2) is 18.3 Å². The first-order valence-electron chi connectivity index (χ1n) is 4.22. The molecular formula is C11H14N2. The Balaban J connectivity index is 2.90. The lowest BCUT2D eigenvalue weighted by Gasteiger charge is -2.07. The highest BCUT2D eigenvalue weighted by atomic mass is 14.7. The quantitative estimate of drug-likeness (QED) is 0.605. The van der Waals surface area contributed by atoms with Crippen molar-refractivity contribution in [3.63, 3.8) is 0 Å². The minimum Gasteiger partial charge on any atom is -0.316 e. The molecule has 0 amide bonds. The molecule has 0 aliphatic heterocycles. The summed E-state index contributed by atoms with van der Waals surface area (Å²) in [5, 5.41) is 0. The summed E-state index contributed by atoms with van der Waals surface area (Å²) in [5.41, 5.74) is 7.24. The molecule has 0 aliphatic carbocycles. The fraction of sp³-hybridized carbons (Fsp3) is 0.364. The molecule has 0 atom stereocenters. The molecule has 0 spiro atoms. The molecule has 1 aromatic rings. The van der Waals surface area contributed by atoms with Gasteiger partial charge >= 0.3 is 0 Å². The lowest BCUT2D eigenvalue weighted by atomic mass is 10.1. The third-order valence-corrected chi connectivity index (χ3v) is 1.43. The molecule has 68 valence electrons. The van der Waals surface area contributed by atoms with Gasteiger partial charge in [-0.2, -0.15) is 0 Å². The second-order valence-corrected chi connectivity index (χ2v) is 3.66. The first-order valence-corrected chi connectivity index (χ1v) is 4.22. The average molecular weight is 174 g/mol. The Bertz CT molecular complexity index is 350. The zero-order valence-electron chi connectivity index (χ0n) is 8.26. The molecule has 0 aliphatic rings. The van der Waals surface area contributed by atoms with Gasteiger partial charge in [-0.15, -0.1) is 0 Å². The van der Waals surface area contributed by atoms with Crippen molar-refractivity contribution in [2.75, 3.05) is 0 Å². The fourth-order valence-corrected chi connectivity index (χ4v) is 0.857. The molecule has 0 aromatic carbocycles. The van der Waals surface area contributed by atoms with Crippen molar-refractivity contribution in [3.8, 4) is 11.8 Å². The van der Waals surface area contributed by atoms with Crippen molar-refractivity contribution in [1.29, 1.82) is 0 Å². The first kappa shape index (κ1) is 9.76. The Labute approximate surface area is 79.2 Å². The molecule has 1 heterocycles. The van der Waals surface area contributed by atoms with Crippen LogP contribution in [0.25, 0.3) is 0 Å². The van der Waals surface area contributed by atoms with E-state index in [1.165, 1.54) is 0 Å². The van der Waals surface area contributed by atoms with E-state index in [0.29, 0.717) is 0 Å². The molecule has 0 radical (unpaired) electrons. The van der Waals surface area contributed by atoms with Gasteiger partial charge in [-0.1, -0.05) is 11.8 Å². The maximum Gasteiger partial charge on any atom is 0.0722 e. The number of aromatic nitrogens is 1.